The zero-order chi connectivity index (χ0) is 13.5. The molecule has 2 N–H and O–H groups in total. The van der Waals surface area contributed by atoms with Crippen molar-refractivity contribution in [3.63, 3.8) is 0 Å². The molecule has 0 atom stereocenters. The van der Waals surface area contributed by atoms with E-state index in [1.165, 1.54) is 5.56 Å². The number of benzene rings is 1. The van der Waals surface area contributed by atoms with Gasteiger partial charge in [0.15, 0.2) is 11.5 Å². The Hall–Kier alpha value is -1.75. The number of hydrogen-bond donors (Lipinski definition) is 2. The van der Waals surface area contributed by atoms with Crippen molar-refractivity contribution in [3.05, 3.63) is 23.8 Å². The number of rotatable bonds is 6. The van der Waals surface area contributed by atoms with E-state index in [1.54, 1.807) is 7.05 Å². The summed E-state index contributed by atoms with van der Waals surface area (Å²) < 4.78 is 11.0. The average molecular weight is 264 g/mol. The van der Waals surface area contributed by atoms with Crippen LogP contribution in [0.4, 0.5) is 0 Å². The molecule has 19 heavy (non-hydrogen) atoms. The predicted octanol–water partition coefficient (Wildman–Crippen LogP) is 0.726. The summed E-state index contributed by atoms with van der Waals surface area (Å²) in [5.41, 5.74) is 1.20. The van der Waals surface area contributed by atoms with Crippen LogP contribution >= 0.6 is 0 Å². The lowest BCUT2D eigenvalue weighted by molar-refractivity contribution is -0.120. The SMILES string of the molecule is CNCC(=O)NCCCc1ccc2c(c1)OCCO2. The molecule has 2 rings (SSSR count). The first-order chi connectivity index (χ1) is 9.29. The molecule has 0 unspecified atom stereocenters. The number of likely N-dealkylation sites (N-methyl/N-ethyl adjacent to an activating group) is 1. The summed E-state index contributed by atoms with van der Waals surface area (Å²) in [5.74, 6) is 1.67. The van der Waals surface area contributed by atoms with E-state index in [0.29, 0.717) is 26.3 Å². The van der Waals surface area contributed by atoms with E-state index in [-0.39, 0.29) is 5.91 Å². The molecule has 104 valence electrons. The summed E-state index contributed by atoms with van der Waals surface area (Å²) >= 11 is 0. The van der Waals surface area contributed by atoms with Crippen molar-refractivity contribution in [1.29, 1.82) is 0 Å². The van der Waals surface area contributed by atoms with Crippen molar-refractivity contribution in [2.45, 2.75) is 12.8 Å². The fraction of sp³-hybridized carbons (Fsp3) is 0.500. The molecule has 0 spiro atoms. The van der Waals surface area contributed by atoms with Crippen LogP contribution in [0.2, 0.25) is 0 Å². The van der Waals surface area contributed by atoms with Crippen molar-refractivity contribution in [1.82, 2.24) is 10.6 Å². The minimum atomic E-state index is 0.0321. The van der Waals surface area contributed by atoms with Crippen molar-refractivity contribution in [2.24, 2.45) is 0 Å². The third kappa shape index (κ3) is 4.13. The first kappa shape index (κ1) is 13.7. The number of fused-ring (bicyclic) bond motifs is 1. The smallest absolute Gasteiger partial charge is 0.233 e. The van der Waals surface area contributed by atoms with Gasteiger partial charge in [0.25, 0.3) is 0 Å². The third-order valence-corrected chi connectivity index (χ3v) is 2.91. The van der Waals surface area contributed by atoms with Crippen LogP contribution in [0.3, 0.4) is 0 Å². The highest BCUT2D eigenvalue weighted by atomic mass is 16.6. The van der Waals surface area contributed by atoms with E-state index in [9.17, 15) is 4.79 Å². The summed E-state index contributed by atoms with van der Waals surface area (Å²) in [6.07, 6.45) is 1.82. The minimum absolute atomic E-state index is 0.0321. The number of ether oxygens (including phenoxy) is 2. The van der Waals surface area contributed by atoms with Gasteiger partial charge in [0.2, 0.25) is 5.91 Å². The lowest BCUT2D eigenvalue weighted by Gasteiger charge is -2.18. The van der Waals surface area contributed by atoms with E-state index in [1.807, 2.05) is 18.2 Å². The first-order valence-corrected chi connectivity index (χ1v) is 6.59. The summed E-state index contributed by atoms with van der Waals surface area (Å²) in [5, 5.41) is 5.68. The highest BCUT2D eigenvalue weighted by molar-refractivity contribution is 5.77. The van der Waals surface area contributed by atoms with Gasteiger partial charge in [-0.3, -0.25) is 4.79 Å². The Bertz CT molecular complexity index is 435. The van der Waals surface area contributed by atoms with Gasteiger partial charge in [0, 0.05) is 6.54 Å². The van der Waals surface area contributed by atoms with Crippen LogP contribution in [0.1, 0.15) is 12.0 Å². The van der Waals surface area contributed by atoms with Gasteiger partial charge in [-0.05, 0) is 37.6 Å². The third-order valence-electron chi connectivity index (χ3n) is 2.91. The number of aryl methyl sites for hydroxylation is 1. The van der Waals surface area contributed by atoms with Crippen LogP contribution in [0, 0.1) is 0 Å². The molecule has 0 saturated heterocycles. The van der Waals surface area contributed by atoms with Gasteiger partial charge in [-0.1, -0.05) is 6.07 Å². The second-order valence-electron chi connectivity index (χ2n) is 4.46. The summed E-state index contributed by atoms with van der Waals surface area (Å²) in [7, 11) is 1.76. The van der Waals surface area contributed by atoms with Crippen molar-refractivity contribution >= 4 is 5.91 Å². The second kappa shape index (κ2) is 6.99. The molecule has 0 bridgehead atoms. The number of hydrogen-bond acceptors (Lipinski definition) is 4. The lowest BCUT2D eigenvalue weighted by Crippen LogP contribution is -2.32. The van der Waals surface area contributed by atoms with Crippen LogP contribution in [0.5, 0.6) is 11.5 Å². The molecule has 0 aromatic heterocycles. The van der Waals surface area contributed by atoms with Gasteiger partial charge < -0.3 is 20.1 Å². The zero-order valence-corrected chi connectivity index (χ0v) is 11.2. The molecular weight excluding hydrogens is 244 g/mol. The Labute approximate surface area is 113 Å². The number of amides is 1. The molecule has 1 aromatic carbocycles. The molecule has 0 radical (unpaired) electrons. The van der Waals surface area contributed by atoms with E-state index < -0.39 is 0 Å². The monoisotopic (exact) mass is 264 g/mol. The van der Waals surface area contributed by atoms with E-state index >= 15 is 0 Å². The largest absolute Gasteiger partial charge is 0.486 e. The Kier molecular flexibility index (Phi) is 5.03. The van der Waals surface area contributed by atoms with Gasteiger partial charge in [-0.15, -0.1) is 0 Å². The highest BCUT2D eigenvalue weighted by Gasteiger charge is 2.11. The van der Waals surface area contributed by atoms with Crippen LogP contribution in [0.15, 0.2) is 18.2 Å². The predicted molar refractivity (Wildman–Crippen MR) is 72.7 cm³/mol. The standard InChI is InChI=1S/C14H20N2O3/c1-15-10-14(17)16-6-2-3-11-4-5-12-13(9-11)19-8-7-18-12/h4-5,9,15H,2-3,6-8,10H2,1H3,(H,16,17). The summed E-state index contributed by atoms with van der Waals surface area (Å²) in [6.45, 7) is 2.28. The normalized spacial score (nSPS) is 13.1. The van der Waals surface area contributed by atoms with Crippen LogP contribution in [-0.4, -0.2) is 39.3 Å². The van der Waals surface area contributed by atoms with Crippen LogP contribution in [0.25, 0.3) is 0 Å². The first-order valence-electron chi connectivity index (χ1n) is 6.59. The molecule has 1 aromatic rings. The quantitative estimate of drug-likeness (QED) is 0.744. The van der Waals surface area contributed by atoms with E-state index in [0.717, 1.165) is 24.3 Å². The van der Waals surface area contributed by atoms with Crippen LogP contribution in [-0.2, 0) is 11.2 Å². The molecule has 1 aliphatic rings. The maximum absolute atomic E-state index is 11.2. The second-order valence-corrected chi connectivity index (χ2v) is 4.46. The molecule has 0 saturated carbocycles. The molecule has 0 fully saturated rings. The average Bonchev–Trinajstić information content (AvgIpc) is 2.44. The summed E-state index contributed by atoms with van der Waals surface area (Å²) in [4.78, 5) is 11.2. The molecule has 0 aliphatic carbocycles. The molecular formula is C14H20N2O3. The number of nitrogens with one attached hydrogen (secondary N) is 2. The topological polar surface area (TPSA) is 59.6 Å². The Balaban J connectivity index is 1.75. The molecule has 1 heterocycles. The Morgan fingerprint density at radius 3 is 2.84 bits per heavy atom. The van der Waals surface area contributed by atoms with Gasteiger partial charge in [-0.2, -0.15) is 0 Å². The van der Waals surface area contributed by atoms with Crippen molar-refractivity contribution in [3.8, 4) is 11.5 Å². The van der Waals surface area contributed by atoms with E-state index in [4.69, 9.17) is 9.47 Å². The van der Waals surface area contributed by atoms with Gasteiger partial charge in [0.1, 0.15) is 13.2 Å². The summed E-state index contributed by atoms with van der Waals surface area (Å²) in [6, 6.07) is 6.01. The fourth-order valence-electron chi connectivity index (χ4n) is 1.99. The van der Waals surface area contributed by atoms with Gasteiger partial charge >= 0.3 is 0 Å². The Morgan fingerprint density at radius 1 is 1.26 bits per heavy atom. The molecule has 1 aliphatic heterocycles. The molecule has 5 nitrogen and oxygen atoms in total. The van der Waals surface area contributed by atoms with Gasteiger partial charge in [0.05, 0.1) is 6.54 Å². The number of carbonyl (C=O) groups excluding carboxylic acids is 1. The van der Waals surface area contributed by atoms with E-state index in [2.05, 4.69) is 10.6 Å². The zero-order valence-electron chi connectivity index (χ0n) is 11.2. The van der Waals surface area contributed by atoms with Crippen molar-refractivity contribution < 1.29 is 14.3 Å². The lowest BCUT2D eigenvalue weighted by atomic mass is 10.1. The fourth-order valence-corrected chi connectivity index (χ4v) is 1.99. The van der Waals surface area contributed by atoms with Crippen molar-refractivity contribution in [2.75, 3.05) is 33.4 Å². The maximum atomic E-state index is 11.2. The van der Waals surface area contributed by atoms with Crippen LogP contribution < -0.4 is 20.1 Å². The van der Waals surface area contributed by atoms with Gasteiger partial charge in [-0.25, -0.2) is 0 Å². The number of carbonyl (C=O) groups is 1. The highest BCUT2D eigenvalue weighted by Crippen LogP contribution is 2.30. The molecule has 5 heteroatoms. The maximum Gasteiger partial charge on any atom is 0.233 e. The molecule has 1 amide bonds. The minimum Gasteiger partial charge on any atom is -0.486 e. The Morgan fingerprint density at radius 2 is 2.05 bits per heavy atom.